The first-order valence-electron chi connectivity index (χ1n) is 6.13. The van der Waals surface area contributed by atoms with Gasteiger partial charge < -0.3 is 5.73 Å². The Labute approximate surface area is 101 Å². The van der Waals surface area contributed by atoms with Gasteiger partial charge in [-0.1, -0.05) is 19.3 Å². The molecule has 0 atom stereocenters. The van der Waals surface area contributed by atoms with E-state index in [2.05, 4.69) is 0 Å². The van der Waals surface area contributed by atoms with E-state index in [-0.39, 0.29) is 11.6 Å². The summed E-state index contributed by atoms with van der Waals surface area (Å²) in [6, 6.07) is 4.27. The van der Waals surface area contributed by atoms with Crippen molar-refractivity contribution in [3.8, 4) is 0 Å². The lowest BCUT2D eigenvalue weighted by Gasteiger charge is -2.32. The molecule has 92 valence electrons. The molecule has 1 aromatic rings. The summed E-state index contributed by atoms with van der Waals surface area (Å²) in [5.74, 6) is -0.344. The number of halogens is 1. The van der Waals surface area contributed by atoms with Crippen LogP contribution in [-0.4, -0.2) is 11.3 Å². The van der Waals surface area contributed by atoms with Crippen molar-refractivity contribution >= 4 is 5.78 Å². The Hall–Kier alpha value is -1.22. The second kappa shape index (κ2) is 4.57. The van der Waals surface area contributed by atoms with Crippen LogP contribution in [0.4, 0.5) is 4.39 Å². The summed E-state index contributed by atoms with van der Waals surface area (Å²) in [5, 5.41) is 0. The van der Waals surface area contributed by atoms with Crippen LogP contribution in [0.25, 0.3) is 0 Å². The fraction of sp³-hybridized carbons (Fsp3) is 0.500. The normalized spacial score (nSPS) is 19.0. The lowest BCUT2D eigenvalue weighted by molar-refractivity contribution is 0.0847. The molecule has 2 N–H and O–H groups in total. The fourth-order valence-electron chi connectivity index (χ4n) is 2.56. The van der Waals surface area contributed by atoms with E-state index >= 15 is 0 Å². The number of carbonyl (C=O) groups excluding carboxylic acids is 1. The third-order valence-electron chi connectivity index (χ3n) is 3.63. The molecule has 0 aliphatic heterocycles. The highest BCUT2D eigenvalue weighted by molar-refractivity contribution is 6.04. The Kier molecular flexibility index (Phi) is 3.29. The summed E-state index contributed by atoms with van der Waals surface area (Å²) in [5.41, 5.74) is 6.70. The smallest absolute Gasteiger partial charge is 0.182 e. The summed E-state index contributed by atoms with van der Waals surface area (Å²) >= 11 is 0. The molecule has 1 aliphatic rings. The van der Waals surface area contributed by atoms with Crippen molar-refractivity contribution < 1.29 is 9.18 Å². The van der Waals surface area contributed by atoms with Crippen molar-refractivity contribution in [3.63, 3.8) is 0 Å². The van der Waals surface area contributed by atoms with E-state index in [9.17, 15) is 9.18 Å². The molecule has 0 amide bonds. The van der Waals surface area contributed by atoms with Gasteiger partial charge in [0.1, 0.15) is 5.82 Å². The molecule has 0 unspecified atom stereocenters. The van der Waals surface area contributed by atoms with Crippen LogP contribution in [0.3, 0.4) is 0 Å². The van der Waals surface area contributed by atoms with Gasteiger partial charge in [0.15, 0.2) is 5.78 Å². The standard InChI is InChI=1S/C14H18FNO/c1-10-9-11(15)5-6-12(10)13(17)14(16)7-3-2-4-8-14/h5-6,9H,2-4,7-8,16H2,1H3. The highest BCUT2D eigenvalue weighted by Crippen LogP contribution is 2.30. The van der Waals surface area contributed by atoms with E-state index < -0.39 is 5.54 Å². The minimum Gasteiger partial charge on any atom is -0.319 e. The van der Waals surface area contributed by atoms with Crippen molar-refractivity contribution in [2.24, 2.45) is 5.73 Å². The second-order valence-electron chi connectivity index (χ2n) is 5.01. The molecule has 2 nitrogen and oxygen atoms in total. The number of ketones is 1. The number of hydrogen-bond donors (Lipinski definition) is 1. The van der Waals surface area contributed by atoms with Gasteiger partial charge in [0.2, 0.25) is 0 Å². The van der Waals surface area contributed by atoms with E-state index in [1.807, 2.05) is 0 Å². The maximum atomic E-state index is 13.0. The predicted octanol–water partition coefficient (Wildman–Crippen LogP) is 2.98. The molecule has 0 aromatic heterocycles. The van der Waals surface area contributed by atoms with Gasteiger partial charge in [0.25, 0.3) is 0 Å². The van der Waals surface area contributed by atoms with Crippen molar-refractivity contribution in [2.75, 3.05) is 0 Å². The third-order valence-corrected chi connectivity index (χ3v) is 3.63. The van der Waals surface area contributed by atoms with Crippen LogP contribution in [0.5, 0.6) is 0 Å². The average molecular weight is 235 g/mol. The Morgan fingerprint density at radius 3 is 2.53 bits per heavy atom. The number of carbonyl (C=O) groups is 1. The van der Waals surface area contributed by atoms with Crippen LogP contribution in [-0.2, 0) is 0 Å². The molecule has 0 saturated heterocycles. The zero-order valence-electron chi connectivity index (χ0n) is 10.1. The van der Waals surface area contributed by atoms with Gasteiger partial charge in [-0.3, -0.25) is 4.79 Å². The van der Waals surface area contributed by atoms with Crippen molar-refractivity contribution in [1.82, 2.24) is 0 Å². The van der Waals surface area contributed by atoms with Crippen LogP contribution < -0.4 is 5.73 Å². The second-order valence-corrected chi connectivity index (χ2v) is 5.01. The first-order valence-corrected chi connectivity index (χ1v) is 6.13. The van der Waals surface area contributed by atoms with E-state index in [4.69, 9.17) is 5.73 Å². The molecule has 1 aromatic carbocycles. The van der Waals surface area contributed by atoms with Crippen molar-refractivity contribution in [1.29, 1.82) is 0 Å². The summed E-state index contributed by atoms with van der Waals surface area (Å²) in [7, 11) is 0. The fourth-order valence-corrected chi connectivity index (χ4v) is 2.56. The Morgan fingerprint density at radius 2 is 1.94 bits per heavy atom. The Bertz CT molecular complexity index is 436. The van der Waals surface area contributed by atoms with Gasteiger partial charge in [0, 0.05) is 5.56 Å². The van der Waals surface area contributed by atoms with Crippen LogP contribution >= 0.6 is 0 Å². The number of hydrogen-bond acceptors (Lipinski definition) is 2. The summed E-state index contributed by atoms with van der Waals surface area (Å²) < 4.78 is 13.0. The monoisotopic (exact) mass is 235 g/mol. The zero-order valence-corrected chi connectivity index (χ0v) is 10.1. The van der Waals surface area contributed by atoms with Crippen molar-refractivity contribution in [2.45, 2.75) is 44.6 Å². The van der Waals surface area contributed by atoms with E-state index in [0.29, 0.717) is 11.1 Å². The summed E-state index contributed by atoms with van der Waals surface area (Å²) in [6.07, 6.45) is 4.63. The molecular formula is C14H18FNO. The topological polar surface area (TPSA) is 43.1 Å². The van der Waals surface area contributed by atoms with Gasteiger partial charge in [-0.2, -0.15) is 0 Å². The molecule has 0 radical (unpaired) electrons. The predicted molar refractivity (Wildman–Crippen MR) is 65.5 cm³/mol. The largest absolute Gasteiger partial charge is 0.319 e. The first-order chi connectivity index (χ1) is 8.03. The molecule has 0 bridgehead atoms. The highest BCUT2D eigenvalue weighted by Gasteiger charge is 2.36. The molecule has 0 spiro atoms. The van der Waals surface area contributed by atoms with E-state index in [1.54, 1.807) is 13.0 Å². The Balaban J connectivity index is 2.30. The highest BCUT2D eigenvalue weighted by atomic mass is 19.1. The minimum atomic E-state index is -0.735. The zero-order chi connectivity index (χ0) is 12.5. The summed E-state index contributed by atoms with van der Waals surface area (Å²) in [4.78, 5) is 12.4. The van der Waals surface area contributed by atoms with Crippen LogP contribution in [0.2, 0.25) is 0 Å². The molecule has 0 heterocycles. The van der Waals surface area contributed by atoms with Gasteiger partial charge in [0.05, 0.1) is 5.54 Å². The molecule has 1 saturated carbocycles. The molecule has 2 rings (SSSR count). The maximum Gasteiger partial charge on any atom is 0.182 e. The Morgan fingerprint density at radius 1 is 1.29 bits per heavy atom. The van der Waals surface area contributed by atoms with Gasteiger partial charge >= 0.3 is 0 Å². The number of nitrogens with two attached hydrogens (primary N) is 1. The van der Waals surface area contributed by atoms with Crippen LogP contribution in [0.15, 0.2) is 18.2 Å². The minimum absolute atomic E-state index is 0.0327. The van der Waals surface area contributed by atoms with Gasteiger partial charge in [-0.05, 0) is 43.5 Å². The SMILES string of the molecule is Cc1cc(F)ccc1C(=O)C1(N)CCCCC1. The molecule has 1 aliphatic carbocycles. The third kappa shape index (κ3) is 2.39. The molecule has 1 fully saturated rings. The lowest BCUT2D eigenvalue weighted by atomic mass is 9.77. The molecule has 17 heavy (non-hydrogen) atoms. The number of rotatable bonds is 2. The van der Waals surface area contributed by atoms with Crippen LogP contribution in [0.1, 0.15) is 48.0 Å². The number of Topliss-reactive ketones (excluding diaryl/α,β-unsaturated/α-hetero) is 1. The average Bonchev–Trinajstić information content (AvgIpc) is 2.29. The van der Waals surface area contributed by atoms with E-state index in [1.165, 1.54) is 12.1 Å². The van der Waals surface area contributed by atoms with Crippen LogP contribution in [0, 0.1) is 12.7 Å². The molecule has 3 heteroatoms. The maximum absolute atomic E-state index is 13.0. The van der Waals surface area contributed by atoms with Crippen molar-refractivity contribution in [3.05, 3.63) is 35.1 Å². The first kappa shape index (κ1) is 12.2. The van der Waals surface area contributed by atoms with E-state index in [0.717, 1.165) is 32.1 Å². The van der Waals surface area contributed by atoms with Gasteiger partial charge in [-0.15, -0.1) is 0 Å². The lowest BCUT2D eigenvalue weighted by Crippen LogP contribution is -2.49. The summed E-state index contributed by atoms with van der Waals surface area (Å²) in [6.45, 7) is 1.75. The van der Waals surface area contributed by atoms with Gasteiger partial charge in [-0.25, -0.2) is 4.39 Å². The molecular weight excluding hydrogens is 217 g/mol. The quantitative estimate of drug-likeness (QED) is 0.801. The number of benzene rings is 1. The number of aryl methyl sites for hydroxylation is 1.